The van der Waals surface area contributed by atoms with E-state index in [1.54, 1.807) is 0 Å². The number of ether oxygens (including phenoxy) is 1. The Balaban J connectivity index is 3.49. The Morgan fingerprint density at radius 2 is 2.23 bits per heavy atom. The summed E-state index contributed by atoms with van der Waals surface area (Å²) in [5.74, 6) is -0.480. The molecule has 0 heterocycles. The van der Waals surface area contributed by atoms with E-state index < -0.39 is 5.97 Å². The van der Waals surface area contributed by atoms with Crippen molar-refractivity contribution in [2.45, 2.75) is 45.6 Å². The van der Waals surface area contributed by atoms with Gasteiger partial charge in [-0.3, -0.25) is 0 Å². The van der Waals surface area contributed by atoms with Gasteiger partial charge in [-0.25, -0.2) is 4.79 Å². The molecule has 1 atom stereocenters. The van der Waals surface area contributed by atoms with E-state index in [0.29, 0.717) is 6.26 Å². The fraction of sp³-hybridized carbons (Fsp3) is 0.700. The summed E-state index contributed by atoms with van der Waals surface area (Å²) >= 11 is 0. The Bertz CT molecular complexity index is 164. The Morgan fingerprint density at radius 3 is 2.77 bits per heavy atom. The first-order chi connectivity index (χ1) is 6.20. The topological polar surface area (TPSA) is 46.5 Å². The van der Waals surface area contributed by atoms with Crippen LogP contribution < -0.4 is 0 Å². The van der Waals surface area contributed by atoms with Gasteiger partial charge < -0.3 is 9.84 Å². The average molecular weight is 186 g/mol. The van der Waals surface area contributed by atoms with Gasteiger partial charge in [0.15, 0.2) is 0 Å². The van der Waals surface area contributed by atoms with Crippen LogP contribution in [0.2, 0.25) is 0 Å². The summed E-state index contributed by atoms with van der Waals surface area (Å²) in [6, 6.07) is 0. The summed E-state index contributed by atoms with van der Waals surface area (Å²) in [6.45, 7) is 3.99. The summed E-state index contributed by atoms with van der Waals surface area (Å²) in [5.41, 5.74) is 0. The average Bonchev–Trinajstić information content (AvgIpc) is 2.05. The largest absolute Gasteiger partial charge is 0.515 e. The second-order valence-corrected chi connectivity index (χ2v) is 3.06. The van der Waals surface area contributed by atoms with Crippen LogP contribution >= 0.6 is 0 Å². The third kappa shape index (κ3) is 7.37. The Labute approximate surface area is 79.4 Å². The van der Waals surface area contributed by atoms with E-state index in [2.05, 4.69) is 6.92 Å². The van der Waals surface area contributed by atoms with Crippen molar-refractivity contribution in [2.75, 3.05) is 0 Å². The molecule has 3 heteroatoms. The summed E-state index contributed by atoms with van der Waals surface area (Å²) in [5, 5.41) is 8.28. The molecule has 0 bridgehead atoms. The molecular formula is C10H18O3. The maximum Gasteiger partial charge on any atom is 0.334 e. The highest BCUT2D eigenvalue weighted by Crippen LogP contribution is 2.06. The predicted molar refractivity (Wildman–Crippen MR) is 51.5 cm³/mol. The number of aliphatic hydroxyl groups is 1. The fourth-order valence-corrected chi connectivity index (χ4v) is 1.04. The van der Waals surface area contributed by atoms with Gasteiger partial charge in [-0.2, -0.15) is 0 Å². The molecule has 0 aliphatic rings. The highest BCUT2D eigenvalue weighted by Gasteiger charge is 2.05. The number of esters is 1. The SMILES string of the molecule is CCCCCC(C)OC(=O)C=CO. The molecule has 0 saturated heterocycles. The van der Waals surface area contributed by atoms with Gasteiger partial charge in [0.2, 0.25) is 0 Å². The highest BCUT2D eigenvalue weighted by atomic mass is 16.5. The van der Waals surface area contributed by atoms with E-state index in [1.165, 1.54) is 0 Å². The highest BCUT2D eigenvalue weighted by molar-refractivity contribution is 5.81. The molecular weight excluding hydrogens is 168 g/mol. The molecule has 0 amide bonds. The zero-order valence-electron chi connectivity index (χ0n) is 8.32. The number of rotatable bonds is 6. The van der Waals surface area contributed by atoms with Crippen LogP contribution in [0.5, 0.6) is 0 Å². The van der Waals surface area contributed by atoms with Gasteiger partial charge >= 0.3 is 5.97 Å². The maximum atomic E-state index is 10.8. The molecule has 0 fully saturated rings. The molecule has 0 spiro atoms. The van der Waals surface area contributed by atoms with Gasteiger partial charge in [0.1, 0.15) is 0 Å². The third-order valence-corrected chi connectivity index (χ3v) is 1.74. The third-order valence-electron chi connectivity index (χ3n) is 1.74. The lowest BCUT2D eigenvalue weighted by Crippen LogP contribution is -2.12. The zero-order valence-corrected chi connectivity index (χ0v) is 8.32. The first-order valence-corrected chi connectivity index (χ1v) is 4.72. The maximum absolute atomic E-state index is 10.8. The zero-order chi connectivity index (χ0) is 10.1. The Hall–Kier alpha value is -0.990. The van der Waals surface area contributed by atoms with Gasteiger partial charge in [0.05, 0.1) is 18.4 Å². The Morgan fingerprint density at radius 1 is 1.54 bits per heavy atom. The molecule has 3 nitrogen and oxygen atoms in total. The fourth-order valence-electron chi connectivity index (χ4n) is 1.04. The van der Waals surface area contributed by atoms with Crippen molar-refractivity contribution in [3.05, 3.63) is 12.3 Å². The molecule has 76 valence electrons. The molecule has 0 aromatic rings. The standard InChI is InChI=1S/C10H18O3/c1-3-4-5-6-9(2)13-10(12)7-8-11/h7-9,11H,3-6H2,1-2H3. The summed E-state index contributed by atoms with van der Waals surface area (Å²) < 4.78 is 4.95. The van der Waals surface area contributed by atoms with E-state index >= 15 is 0 Å². The van der Waals surface area contributed by atoms with Crippen LogP contribution in [0.25, 0.3) is 0 Å². The number of hydrogen-bond acceptors (Lipinski definition) is 3. The monoisotopic (exact) mass is 186 g/mol. The van der Waals surface area contributed by atoms with Crippen molar-refractivity contribution >= 4 is 5.97 Å². The number of unbranched alkanes of at least 4 members (excludes halogenated alkanes) is 2. The van der Waals surface area contributed by atoms with Gasteiger partial charge in [-0.1, -0.05) is 19.8 Å². The van der Waals surface area contributed by atoms with Crippen LogP contribution in [0.1, 0.15) is 39.5 Å². The van der Waals surface area contributed by atoms with Crippen LogP contribution in [0, 0.1) is 0 Å². The first kappa shape index (κ1) is 12.0. The molecule has 13 heavy (non-hydrogen) atoms. The molecule has 0 aromatic carbocycles. The molecule has 0 aromatic heterocycles. The summed E-state index contributed by atoms with van der Waals surface area (Å²) in [4.78, 5) is 10.8. The van der Waals surface area contributed by atoms with E-state index in [4.69, 9.17) is 9.84 Å². The van der Waals surface area contributed by atoms with Gasteiger partial charge in [-0.15, -0.1) is 0 Å². The van der Waals surface area contributed by atoms with Crippen LogP contribution in [0.3, 0.4) is 0 Å². The predicted octanol–water partition coefficient (Wildman–Crippen LogP) is 2.57. The normalized spacial score (nSPS) is 13.1. The van der Waals surface area contributed by atoms with E-state index in [0.717, 1.165) is 31.8 Å². The van der Waals surface area contributed by atoms with Crippen molar-refractivity contribution in [3.8, 4) is 0 Å². The lowest BCUT2D eigenvalue weighted by molar-refractivity contribution is -0.142. The quantitative estimate of drug-likeness (QED) is 0.300. The molecule has 0 saturated carbocycles. The Kier molecular flexibility index (Phi) is 7.07. The van der Waals surface area contributed by atoms with Crippen molar-refractivity contribution in [1.82, 2.24) is 0 Å². The minimum absolute atomic E-state index is 0.0600. The van der Waals surface area contributed by atoms with Crippen molar-refractivity contribution in [2.24, 2.45) is 0 Å². The van der Waals surface area contributed by atoms with E-state index in [-0.39, 0.29) is 6.10 Å². The number of aliphatic hydroxyl groups excluding tert-OH is 1. The lowest BCUT2D eigenvalue weighted by Gasteiger charge is -2.10. The van der Waals surface area contributed by atoms with Gasteiger partial charge in [0, 0.05) is 0 Å². The number of carbonyl (C=O) groups is 1. The lowest BCUT2D eigenvalue weighted by atomic mass is 10.1. The molecule has 1 N–H and O–H groups in total. The van der Waals surface area contributed by atoms with Crippen molar-refractivity contribution < 1.29 is 14.6 Å². The molecule has 0 aliphatic carbocycles. The van der Waals surface area contributed by atoms with Gasteiger partial charge in [0.25, 0.3) is 0 Å². The van der Waals surface area contributed by atoms with Crippen LogP contribution in [0.15, 0.2) is 12.3 Å². The minimum atomic E-state index is -0.480. The molecule has 0 aliphatic heterocycles. The first-order valence-electron chi connectivity index (χ1n) is 4.72. The second-order valence-electron chi connectivity index (χ2n) is 3.06. The smallest absolute Gasteiger partial charge is 0.334 e. The number of hydrogen-bond donors (Lipinski definition) is 1. The number of carbonyl (C=O) groups excluding carboxylic acids is 1. The van der Waals surface area contributed by atoms with Crippen molar-refractivity contribution in [1.29, 1.82) is 0 Å². The van der Waals surface area contributed by atoms with Crippen LogP contribution in [-0.2, 0) is 9.53 Å². The minimum Gasteiger partial charge on any atom is -0.515 e. The second kappa shape index (κ2) is 7.65. The van der Waals surface area contributed by atoms with E-state index in [9.17, 15) is 4.79 Å². The molecule has 0 radical (unpaired) electrons. The van der Waals surface area contributed by atoms with Gasteiger partial charge in [-0.05, 0) is 19.8 Å². The van der Waals surface area contributed by atoms with E-state index in [1.807, 2.05) is 6.92 Å². The molecule has 0 rings (SSSR count). The van der Waals surface area contributed by atoms with Crippen LogP contribution in [-0.4, -0.2) is 17.2 Å². The van der Waals surface area contributed by atoms with Crippen molar-refractivity contribution in [3.63, 3.8) is 0 Å². The molecule has 1 unspecified atom stereocenters. The summed E-state index contributed by atoms with van der Waals surface area (Å²) in [6.07, 6.45) is 5.94. The van der Waals surface area contributed by atoms with Crippen LogP contribution in [0.4, 0.5) is 0 Å². The summed E-state index contributed by atoms with van der Waals surface area (Å²) in [7, 11) is 0.